The van der Waals surface area contributed by atoms with E-state index in [0.29, 0.717) is 22.9 Å². The van der Waals surface area contributed by atoms with Crippen LogP contribution >= 0.6 is 0 Å². The third kappa shape index (κ3) is 8.95. The van der Waals surface area contributed by atoms with Gasteiger partial charge in [0.2, 0.25) is 5.91 Å². The molecule has 0 aliphatic heterocycles. The number of para-hydroxylation sites is 2. The summed E-state index contributed by atoms with van der Waals surface area (Å²) in [6.45, 7) is 5.21. The molecule has 0 aromatic heterocycles. The van der Waals surface area contributed by atoms with Crippen molar-refractivity contribution >= 4 is 29.3 Å². The number of hydrogen-bond donors (Lipinski definition) is 3. The topological polar surface area (TPSA) is 115 Å². The molecule has 0 bridgehead atoms. The van der Waals surface area contributed by atoms with Crippen molar-refractivity contribution in [2.75, 3.05) is 30.9 Å². The van der Waals surface area contributed by atoms with E-state index in [4.69, 9.17) is 14.2 Å². The number of benzene rings is 2. The first-order chi connectivity index (χ1) is 15.2. The molecule has 2 rings (SSSR count). The van der Waals surface area contributed by atoms with Crippen LogP contribution in [0.15, 0.2) is 48.5 Å². The Bertz CT molecular complexity index is 939. The lowest BCUT2D eigenvalue weighted by Crippen LogP contribution is -2.34. The molecule has 0 saturated carbocycles. The number of hydrogen-bond acceptors (Lipinski definition) is 6. The van der Waals surface area contributed by atoms with Crippen LogP contribution in [0, 0.1) is 0 Å². The molecule has 0 unspecified atom stereocenters. The molecule has 3 amide bonds. The normalized spacial score (nSPS) is 10.6. The van der Waals surface area contributed by atoms with Crippen molar-refractivity contribution in [3.63, 3.8) is 0 Å². The standard InChI is InChI=1S/C23H29N3O6/c1-23(2,3)32-22(29)24-13-12-20(27)25-16-8-7-9-17(14-16)26-21(28)15-31-19-11-6-5-10-18(19)30-4/h5-11,14H,12-13,15H2,1-4H3,(H,24,29)(H,25,27)(H,26,28). The van der Waals surface area contributed by atoms with Gasteiger partial charge in [-0.15, -0.1) is 0 Å². The van der Waals surface area contributed by atoms with Crippen molar-refractivity contribution in [2.24, 2.45) is 0 Å². The van der Waals surface area contributed by atoms with Crippen LogP contribution in [-0.4, -0.2) is 43.8 Å². The second kappa shape index (κ2) is 11.6. The van der Waals surface area contributed by atoms with Crippen molar-refractivity contribution in [1.82, 2.24) is 5.32 Å². The first-order valence-corrected chi connectivity index (χ1v) is 10.1. The number of rotatable bonds is 9. The average Bonchev–Trinajstić information content (AvgIpc) is 2.71. The quantitative estimate of drug-likeness (QED) is 0.546. The van der Waals surface area contributed by atoms with Gasteiger partial charge < -0.3 is 30.2 Å². The molecule has 172 valence electrons. The van der Waals surface area contributed by atoms with Crippen molar-refractivity contribution in [2.45, 2.75) is 32.8 Å². The minimum atomic E-state index is -0.602. The largest absolute Gasteiger partial charge is 0.493 e. The number of methoxy groups -OCH3 is 1. The summed E-state index contributed by atoms with van der Waals surface area (Å²) in [7, 11) is 1.52. The fourth-order valence-electron chi connectivity index (χ4n) is 2.57. The van der Waals surface area contributed by atoms with Crippen molar-refractivity contribution < 1.29 is 28.6 Å². The zero-order valence-corrected chi connectivity index (χ0v) is 18.7. The zero-order chi connectivity index (χ0) is 23.6. The molecule has 3 N–H and O–H groups in total. The van der Waals surface area contributed by atoms with Crippen LogP contribution in [-0.2, 0) is 14.3 Å². The lowest BCUT2D eigenvalue weighted by atomic mass is 10.2. The van der Waals surface area contributed by atoms with Crippen LogP contribution < -0.4 is 25.4 Å². The van der Waals surface area contributed by atoms with Gasteiger partial charge in [-0.05, 0) is 51.1 Å². The Morgan fingerprint density at radius 1 is 0.875 bits per heavy atom. The van der Waals surface area contributed by atoms with E-state index >= 15 is 0 Å². The third-order valence-corrected chi connectivity index (χ3v) is 3.88. The maximum Gasteiger partial charge on any atom is 0.407 e. The SMILES string of the molecule is COc1ccccc1OCC(=O)Nc1cccc(NC(=O)CCNC(=O)OC(C)(C)C)c1. The van der Waals surface area contributed by atoms with Crippen LogP contribution in [0.3, 0.4) is 0 Å². The molecule has 0 spiro atoms. The maximum absolute atomic E-state index is 12.2. The number of alkyl carbamates (subject to hydrolysis) is 1. The Hall–Kier alpha value is -3.75. The Labute approximate surface area is 187 Å². The molecule has 0 heterocycles. The van der Waals surface area contributed by atoms with Gasteiger partial charge in [0.15, 0.2) is 18.1 Å². The van der Waals surface area contributed by atoms with Gasteiger partial charge in [-0.25, -0.2) is 4.79 Å². The molecule has 0 aliphatic rings. The van der Waals surface area contributed by atoms with Crippen molar-refractivity contribution in [3.8, 4) is 11.5 Å². The molecule has 0 radical (unpaired) electrons. The number of nitrogens with one attached hydrogen (secondary N) is 3. The Morgan fingerprint density at radius 3 is 2.12 bits per heavy atom. The zero-order valence-electron chi connectivity index (χ0n) is 18.7. The average molecular weight is 444 g/mol. The van der Waals surface area contributed by atoms with Gasteiger partial charge in [0.1, 0.15) is 5.60 Å². The van der Waals surface area contributed by atoms with E-state index in [0.717, 1.165) is 0 Å². The highest BCUT2D eigenvalue weighted by atomic mass is 16.6. The molecule has 32 heavy (non-hydrogen) atoms. The minimum absolute atomic E-state index is 0.0720. The number of carbonyl (C=O) groups excluding carboxylic acids is 3. The summed E-state index contributed by atoms with van der Waals surface area (Å²) in [6, 6.07) is 13.7. The molecule has 0 saturated heterocycles. The third-order valence-electron chi connectivity index (χ3n) is 3.88. The predicted molar refractivity (Wildman–Crippen MR) is 121 cm³/mol. The number of ether oxygens (including phenoxy) is 3. The number of carbonyl (C=O) groups is 3. The molecule has 9 heteroatoms. The molecule has 0 atom stereocenters. The summed E-state index contributed by atoms with van der Waals surface area (Å²) < 4.78 is 15.8. The minimum Gasteiger partial charge on any atom is -0.493 e. The molecular formula is C23H29N3O6. The highest BCUT2D eigenvalue weighted by molar-refractivity contribution is 5.94. The van der Waals surface area contributed by atoms with Crippen LogP contribution in [0.4, 0.5) is 16.2 Å². The second-order valence-corrected chi connectivity index (χ2v) is 7.80. The summed E-state index contributed by atoms with van der Waals surface area (Å²) in [5.74, 6) is 0.349. The fourth-order valence-corrected chi connectivity index (χ4v) is 2.57. The highest BCUT2D eigenvalue weighted by Crippen LogP contribution is 2.25. The highest BCUT2D eigenvalue weighted by Gasteiger charge is 2.16. The summed E-state index contributed by atoms with van der Waals surface area (Å²) in [5.41, 5.74) is 0.411. The van der Waals surface area contributed by atoms with Gasteiger partial charge >= 0.3 is 6.09 Å². The number of amides is 3. The first-order valence-electron chi connectivity index (χ1n) is 10.1. The summed E-state index contributed by atoms with van der Waals surface area (Å²) in [5, 5.41) is 7.96. The van der Waals surface area contributed by atoms with Gasteiger partial charge in [0.05, 0.1) is 7.11 Å². The van der Waals surface area contributed by atoms with Crippen LogP contribution in [0.2, 0.25) is 0 Å². The van der Waals surface area contributed by atoms with E-state index in [2.05, 4.69) is 16.0 Å². The molecule has 0 fully saturated rings. The molecule has 9 nitrogen and oxygen atoms in total. The van der Waals surface area contributed by atoms with Crippen LogP contribution in [0.25, 0.3) is 0 Å². The fraction of sp³-hybridized carbons (Fsp3) is 0.348. The van der Waals surface area contributed by atoms with E-state index in [1.165, 1.54) is 7.11 Å². The van der Waals surface area contributed by atoms with Gasteiger partial charge in [-0.2, -0.15) is 0 Å². The Morgan fingerprint density at radius 2 is 1.50 bits per heavy atom. The monoisotopic (exact) mass is 443 g/mol. The van der Waals surface area contributed by atoms with Gasteiger partial charge in [-0.3, -0.25) is 9.59 Å². The van der Waals surface area contributed by atoms with Crippen LogP contribution in [0.5, 0.6) is 11.5 Å². The summed E-state index contributed by atoms with van der Waals surface area (Å²) >= 11 is 0. The summed E-state index contributed by atoms with van der Waals surface area (Å²) in [4.78, 5) is 35.9. The van der Waals surface area contributed by atoms with E-state index in [1.807, 2.05) is 0 Å². The van der Waals surface area contributed by atoms with E-state index < -0.39 is 11.7 Å². The van der Waals surface area contributed by atoms with Crippen molar-refractivity contribution in [3.05, 3.63) is 48.5 Å². The lowest BCUT2D eigenvalue weighted by Gasteiger charge is -2.19. The van der Waals surface area contributed by atoms with Gasteiger partial charge in [-0.1, -0.05) is 18.2 Å². The summed E-state index contributed by atoms with van der Waals surface area (Å²) in [6.07, 6.45) is -0.506. The second-order valence-electron chi connectivity index (χ2n) is 7.80. The Kier molecular flexibility index (Phi) is 8.88. The molecule has 2 aromatic carbocycles. The van der Waals surface area contributed by atoms with Gasteiger partial charge in [0, 0.05) is 24.3 Å². The number of anilines is 2. The molecule has 0 aliphatic carbocycles. The first kappa shape index (κ1) is 24.5. The molecular weight excluding hydrogens is 414 g/mol. The maximum atomic E-state index is 12.2. The molecule has 2 aromatic rings. The Balaban J connectivity index is 1.79. The van der Waals surface area contributed by atoms with Gasteiger partial charge in [0.25, 0.3) is 5.91 Å². The predicted octanol–water partition coefficient (Wildman–Crippen LogP) is 3.57. The van der Waals surface area contributed by atoms with E-state index in [-0.39, 0.29) is 31.4 Å². The van der Waals surface area contributed by atoms with Crippen molar-refractivity contribution in [1.29, 1.82) is 0 Å². The lowest BCUT2D eigenvalue weighted by molar-refractivity contribution is -0.118. The van der Waals surface area contributed by atoms with E-state index in [9.17, 15) is 14.4 Å². The smallest absolute Gasteiger partial charge is 0.407 e. The van der Waals surface area contributed by atoms with E-state index in [1.54, 1.807) is 69.3 Å². The van der Waals surface area contributed by atoms with Crippen LogP contribution in [0.1, 0.15) is 27.2 Å².